The summed E-state index contributed by atoms with van der Waals surface area (Å²) in [5.41, 5.74) is 2.08. The molecule has 2 amide bonds. The fourth-order valence-electron chi connectivity index (χ4n) is 5.56. The zero-order valence-electron chi connectivity index (χ0n) is 23.9. The van der Waals surface area contributed by atoms with E-state index >= 15 is 0 Å². The predicted octanol–water partition coefficient (Wildman–Crippen LogP) is 3.19. The first kappa shape index (κ1) is 29.0. The van der Waals surface area contributed by atoms with E-state index in [0.29, 0.717) is 62.0 Å². The molecule has 0 saturated carbocycles. The lowest BCUT2D eigenvalue weighted by Crippen LogP contribution is -2.47. The quantitative estimate of drug-likeness (QED) is 0.373. The number of hydrogen-bond donors (Lipinski definition) is 2. The smallest absolute Gasteiger partial charge is 0.407 e. The zero-order chi connectivity index (χ0) is 29.6. The number of rotatable bonds is 9. The highest BCUT2D eigenvalue weighted by Crippen LogP contribution is 2.32. The fraction of sp³-hybridized carbons (Fsp3) is 0.387. The van der Waals surface area contributed by atoms with Crippen molar-refractivity contribution in [1.29, 1.82) is 0 Å². The Balaban J connectivity index is 1.25. The maximum Gasteiger partial charge on any atom is 0.407 e. The maximum absolute atomic E-state index is 13.2. The monoisotopic (exact) mass is 576 g/mol. The summed E-state index contributed by atoms with van der Waals surface area (Å²) in [4.78, 5) is 40.9. The predicted molar refractivity (Wildman–Crippen MR) is 158 cm³/mol. The lowest BCUT2D eigenvalue weighted by atomic mass is 10.0. The minimum atomic E-state index is -0.944. The summed E-state index contributed by atoms with van der Waals surface area (Å²) in [5, 5.41) is 13.4. The number of nitrogens with zero attached hydrogens (tertiary/aromatic N) is 3. The van der Waals surface area contributed by atoms with Crippen molar-refractivity contribution in [2.75, 3.05) is 47.0 Å². The molecular formula is C31H36N4O7. The van der Waals surface area contributed by atoms with Gasteiger partial charge in [0, 0.05) is 69.4 Å². The van der Waals surface area contributed by atoms with Crippen LogP contribution in [0.3, 0.4) is 0 Å². The second-order valence-electron chi connectivity index (χ2n) is 10.4. The molecule has 2 N–H and O–H groups in total. The first-order valence-electron chi connectivity index (χ1n) is 14.1. The van der Waals surface area contributed by atoms with Crippen molar-refractivity contribution in [3.63, 3.8) is 0 Å². The molecule has 2 aliphatic heterocycles. The van der Waals surface area contributed by atoms with Gasteiger partial charge in [0.2, 0.25) is 5.91 Å². The van der Waals surface area contributed by atoms with E-state index in [0.717, 1.165) is 29.6 Å². The van der Waals surface area contributed by atoms with Gasteiger partial charge in [0.15, 0.2) is 11.5 Å². The molecule has 5 rings (SSSR count). The van der Waals surface area contributed by atoms with Crippen LogP contribution in [0.2, 0.25) is 0 Å². The number of carbonyl (C=O) groups is 2. The molecular weight excluding hydrogens is 540 g/mol. The third-order valence-electron chi connectivity index (χ3n) is 7.86. The molecule has 0 aliphatic carbocycles. The van der Waals surface area contributed by atoms with E-state index in [1.165, 1.54) is 11.0 Å². The molecule has 1 aromatic heterocycles. The Labute approximate surface area is 243 Å². The highest BCUT2D eigenvalue weighted by molar-refractivity contribution is 5.96. The van der Waals surface area contributed by atoms with Crippen molar-refractivity contribution in [3.05, 3.63) is 70.0 Å². The SMILES string of the molecule is CNC(=O)C=Cc1cc(=O)n(CCN2CCC(N(Cc3ccc4c(c3)OCCO4)C(=O)O)CC2)c2cc(OC)ccc12. The highest BCUT2D eigenvalue weighted by Gasteiger charge is 2.28. The molecule has 222 valence electrons. The summed E-state index contributed by atoms with van der Waals surface area (Å²) in [5.74, 6) is 1.71. The number of nitrogens with one attached hydrogen (secondary N) is 1. The van der Waals surface area contributed by atoms with Crippen LogP contribution >= 0.6 is 0 Å². The molecule has 0 unspecified atom stereocenters. The van der Waals surface area contributed by atoms with Crippen LogP contribution in [0, 0.1) is 0 Å². The molecule has 1 fully saturated rings. The number of carbonyl (C=O) groups excluding carboxylic acids is 1. The Morgan fingerprint density at radius 3 is 2.55 bits per heavy atom. The number of methoxy groups -OCH3 is 1. The summed E-state index contributed by atoms with van der Waals surface area (Å²) < 4.78 is 18.4. The Hall–Kier alpha value is -4.51. The highest BCUT2D eigenvalue weighted by atomic mass is 16.6. The number of benzene rings is 2. The van der Waals surface area contributed by atoms with E-state index in [4.69, 9.17) is 14.2 Å². The second kappa shape index (κ2) is 13.0. The Morgan fingerprint density at radius 2 is 1.83 bits per heavy atom. The van der Waals surface area contributed by atoms with E-state index in [-0.39, 0.29) is 24.1 Å². The van der Waals surface area contributed by atoms with Crippen LogP contribution < -0.4 is 25.1 Å². The average Bonchev–Trinajstić information content (AvgIpc) is 3.01. The summed E-state index contributed by atoms with van der Waals surface area (Å²) in [6, 6.07) is 12.6. The van der Waals surface area contributed by atoms with Crippen molar-refractivity contribution in [2.45, 2.75) is 32.0 Å². The van der Waals surface area contributed by atoms with Gasteiger partial charge in [-0.25, -0.2) is 4.79 Å². The van der Waals surface area contributed by atoms with E-state index in [1.54, 1.807) is 30.9 Å². The number of likely N-dealkylation sites (N-methyl/N-ethyl adjacent to an activating group) is 1. The Bertz CT molecular complexity index is 1540. The molecule has 3 aromatic rings. The number of amides is 2. The first-order chi connectivity index (χ1) is 20.4. The van der Waals surface area contributed by atoms with Crippen LogP contribution in [0.25, 0.3) is 17.0 Å². The number of hydrogen-bond acceptors (Lipinski definition) is 7. The van der Waals surface area contributed by atoms with E-state index in [2.05, 4.69) is 10.2 Å². The number of carboxylic acid groups (broad SMARTS) is 1. The van der Waals surface area contributed by atoms with Gasteiger partial charge < -0.3 is 39.0 Å². The Kier molecular flexibility index (Phi) is 8.97. The summed E-state index contributed by atoms with van der Waals surface area (Å²) in [7, 11) is 3.13. The molecule has 2 aliphatic rings. The van der Waals surface area contributed by atoms with Crippen molar-refractivity contribution in [3.8, 4) is 17.2 Å². The molecule has 0 spiro atoms. The van der Waals surface area contributed by atoms with Crippen LogP contribution in [-0.4, -0.2) is 84.5 Å². The molecule has 1 saturated heterocycles. The van der Waals surface area contributed by atoms with Gasteiger partial charge in [-0.05, 0) is 54.3 Å². The molecule has 42 heavy (non-hydrogen) atoms. The van der Waals surface area contributed by atoms with E-state index in [9.17, 15) is 19.5 Å². The minimum Gasteiger partial charge on any atom is -0.497 e. The lowest BCUT2D eigenvalue weighted by Gasteiger charge is -2.37. The molecule has 3 heterocycles. The number of fused-ring (bicyclic) bond motifs is 2. The van der Waals surface area contributed by atoms with Crippen LogP contribution in [0.15, 0.2) is 53.3 Å². The molecule has 0 radical (unpaired) electrons. The third-order valence-corrected chi connectivity index (χ3v) is 7.86. The first-order valence-corrected chi connectivity index (χ1v) is 14.1. The standard InChI is InChI=1S/C31H36N4O7/c1-32-29(36)8-4-22-18-30(37)34(26-19-24(40-2)5-6-25(22)26)14-13-33-11-9-23(10-12-33)35(31(38)39)20-21-3-7-27-28(17-21)42-16-15-41-27/h3-8,17-19,23H,9-16,20H2,1-2H3,(H,32,36)(H,38,39). The summed E-state index contributed by atoms with van der Waals surface area (Å²) in [6.45, 7) is 3.81. The van der Waals surface area contributed by atoms with Crippen molar-refractivity contribution in [1.82, 2.24) is 19.7 Å². The maximum atomic E-state index is 13.2. The minimum absolute atomic E-state index is 0.105. The fourth-order valence-corrected chi connectivity index (χ4v) is 5.56. The summed E-state index contributed by atoms with van der Waals surface area (Å²) in [6.07, 6.45) is 3.50. The van der Waals surface area contributed by atoms with Gasteiger partial charge in [-0.15, -0.1) is 0 Å². The number of likely N-dealkylation sites (tertiary alicyclic amines) is 1. The number of aromatic nitrogens is 1. The van der Waals surface area contributed by atoms with Crippen molar-refractivity contribution in [2.24, 2.45) is 0 Å². The van der Waals surface area contributed by atoms with Gasteiger partial charge in [0.25, 0.3) is 5.56 Å². The van der Waals surface area contributed by atoms with Crippen molar-refractivity contribution >= 4 is 29.0 Å². The Morgan fingerprint density at radius 1 is 1.07 bits per heavy atom. The molecule has 0 atom stereocenters. The molecule has 0 bridgehead atoms. The van der Waals surface area contributed by atoms with E-state index < -0.39 is 6.09 Å². The van der Waals surface area contributed by atoms with Gasteiger partial charge in [-0.1, -0.05) is 6.07 Å². The van der Waals surface area contributed by atoms with Gasteiger partial charge >= 0.3 is 6.09 Å². The van der Waals surface area contributed by atoms with Crippen LogP contribution in [-0.2, 0) is 17.9 Å². The second-order valence-corrected chi connectivity index (χ2v) is 10.4. The largest absolute Gasteiger partial charge is 0.497 e. The van der Waals surface area contributed by atoms with Gasteiger partial charge in [0.1, 0.15) is 19.0 Å². The van der Waals surface area contributed by atoms with Crippen LogP contribution in [0.5, 0.6) is 17.2 Å². The average molecular weight is 577 g/mol. The third kappa shape index (κ3) is 6.52. The number of pyridine rings is 1. The molecule has 11 nitrogen and oxygen atoms in total. The normalized spacial score (nSPS) is 15.6. The van der Waals surface area contributed by atoms with Gasteiger partial charge in [0.05, 0.1) is 12.6 Å². The van der Waals surface area contributed by atoms with Crippen LogP contribution in [0.4, 0.5) is 4.79 Å². The molecule has 2 aromatic carbocycles. The van der Waals surface area contributed by atoms with Crippen molar-refractivity contribution < 1.29 is 28.9 Å². The molecule has 11 heteroatoms. The lowest BCUT2D eigenvalue weighted by molar-refractivity contribution is -0.115. The van der Waals surface area contributed by atoms with Gasteiger partial charge in [-0.2, -0.15) is 0 Å². The van der Waals surface area contributed by atoms with E-state index in [1.807, 2.05) is 36.4 Å². The van der Waals surface area contributed by atoms with Crippen LogP contribution in [0.1, 0.15) is 24.0 Å². The van der Waals surface area contributed by atoms with Gasteiger partial charge in [-0.3, -0.25) is 9.59 Å². The number of ether oxygens (including phenoxy) is 3. The topological polar surface area (TPSA) is 123 Å². The number of piperidine rings is 1. The summed E-state index contributed by atoms with van der Waals surface area (Å²) >= 11 is 0. The zero-order valence-corrected chi connectivity index (χ0v) is 23.9.